The Balaban J connectivity index is 1.78. The summed E-state index contributed by atoms with van der Waals surface area (Å²) in [5, 5.41) is 21.4. The van der Waals surface area contributed by atoms with Gasteiger partial charge in [-0.3, -0.25) is 14.4 Å². The van der Waals surface area contributed by atoms with Crippen LogP contribution in [0.15, 0.2) is 23.8 Å². The van der Waals surface area contributed by atoms with Crippen LogP contribution in [0.5, 0.6) is 0 Å². The van der Waals surface area contributed by atoms with Gasteiger partial charge in [0.15, 0.2) is 11.4 Å². The second kappa shape index (κ2) is 7.63. The minimum Gasteiger partial charge on any atom is -0.450 e. The Morgan fingerprint density at radius 3 is 2.59 bits per heavy atom. The standard InChI is InChI=1S/C26H36O6/c1-14(2)23(31)32-26(21(30)13-27)9-7-18-17-10-15(3)19-11-16(28)6-8-24(19,4)22(17)20(29)12-25(18,26)5/h6,8,11,14-15,17-18,20,22,27,29H,7,9-10,12-13H2,1-5H3/t15?,17-,18-,20?,22+,24-,25-,26-/m0/s1. The molecular weight excluding hydrogens is 408 g/mol. The first-order chi connectivity index (χ1) is 14.9. The summed E-state index contributed by atoms with van der Waals surface area (Å²) in [4.78, 5) is 37.9. The van der Waals surface area contributed by atoms with E-state index in [1.54, 1.807) is 26.0 Å². The quantitative estimate of drug-likeness (QED) is 0.647. The van der Waals surface area contributed by atoms with Crippen LogP contribution in [0.2, 0.25) is 0 Å². The molecule has 4 aliphatic rings. The van der Waals surface area contributed by atoms with E-state index in [9.17, 15) is 24.6 Å². The first-order valence-electron chi connectivity index (χ1n) is 11.9. The first kappa shape index (κ1) is 23.4. The fourth-order valence-corrected chi connectivity index (χ4v) is 7.84. The molecule has 6 heteroatoms. The van der Waals surface area contributed by atoms with E-state index in [1.165, 1.54) is 0 Å². The van der Waals surface area contributed by atoms with E-state index in [4.69, 9.17) is 4.74 Å². The highest BCUT2D eigenvalue weighted by atomic mass is 16.6. The van der Waals surface area contributed by atoms with Gasteiger partial charge in [-0.2, -0.15) is 0 Å². The Morgan fingerprint density at radius 2 is 1.97 bits per heavy atom. The summed E-state index contributed by atoms with van der Waals surface area (Å²) in [5.74, 6) is -1.04. The van der Waals surface area contributed by atoms with Gasteiger partial charge in [-0.1, -0.05) is 46.3 Å². The van der Waals surface area contributed by atoms with Crippen molar-refractivity contribution in [1.82, 2.24) is 0 Å². The molecule has 176 valence electrons. The highest BCUT2D eigenvalue weighted by Crippen LogP contribution is 2.68. The van der Waals surface area contributed by atoms with E-state index >= 15 is 0 Å². The second-order valence-electron chi connectivity index (χ2n) is 11.3. The molecule has 32 heavy (non-hydrogen) atoms. The summed E-state index contributed by atoms with van der Waals surface area (Å²) in [7, 11) is 0. The molecule has 3 saturated carbocycles. The van der Waals surface area contributed by atoms with Crippen LogP contribution in [0.4, 0.5) is 0 Å². The third-order valence-corrected chi connectivity index (χ3v) is 9.28. The van der Waals surface area contributed by atoms with E-state index in [2.05, 4.69) is 13.8 Å². The van der Waals surface area contributed by atoms with Gasteiger partial charge in [0.1, 0.15) is 6.61 Å². The molecule has 0 aliphatic heterocycles. The van der Waals surface area contributed by atoms with Crippen LogP contribution in [0.25, 0.3) is 0 Å². The summed E-state index contributed by atoms with van der Waals surface area (Å²) in [6.45, 7) is 8.97. The van der Waals surface area contributed by atoms with Crippen molar-refractivity contribution in [1.29, 1.82) is 0 Å². The Bertz CT molecular complexity index is 902. The third kappa shape index (κ3) is 3.02. The number of aliphatic hydroxyl groups excluding tert-OH is 2. The molecule has 0 spiro atoms. The van der Waals surface area contributed by atoms with Crippen molar-refractivity contribution in [2.45, 2.75) is 72.0 Å². The lowest BCUT2D eigenvalue weighted by Crippen LogP contribution is -2.63. The fraction of sp³-hybridized carbons (Fsp3) is 0.731. The molecule has 3 fully saturated rings. The molecule has 0 amide bonds. The van der Waals surface area contributed by atoms with Crippen molar-refractivity contribution < 1.29 is 29.3 Å². The number of carbonyl (C=O) groups is 3. The number of hydrogen-bond donors (Lipinski definition) is 2. The Morgan fingerprint density at radius 1 is 1.28 bits per heavy atom. The van der Waals surface area contributed by atoms with Gasteiger partial charge >= 0.3 is 5.97 Å². The molecule has 0 heterocycles. The molecule has 6 nitrogen and oxygen atoms in total. The number of carbonyl (C=O) groups excluding carboxylic acids is 3. The Labute approximate surface area is 190 Å². The van der Waals surface area contributed by atoms with Crippen molar-refractivity contribution in [2.24, 2.45) is 40.4 Å². The van der Waals surface area contributed by atoms with Gasteiger partial charge < -0.3 is 14.9 Å². The summed E-state index contributed by atoms with van der Waals surface area (Å²) >= 11 is 0. The average molecular weight is 445 g/mol. The Kier molecular flexibility index (Phi) is 5.57. The minimum atomic E-state index is -1.42. The average Bonchev–Trinajstić information content (AvgIpc) is 3.01. The number of ether oxygens (including phenoxy) is 1. The first-order valence-corrected chi connectivity index (χ1v) is 11.9. The van der Waals surface area contributed by atoms with Gasteiger partial charge in [0.25, 0.3) is 0 Å². The maximum atomic E-state index is 13.1. The topological polar surface area (TPSA) is 101 Å². The Hall–Kier alpha value is -1.79. The lowest BCUT2D eigenvalue weighted by atomic mass is 9.44. The molecule has 0 bridgehead atoms. The van der Waals surface area contributed by atoms with Crippen LogP contribution in [0, 0.1) is 40.4 Å². The molecule has 0 saturated heterocycles. The van der Waals surface area contributed by atoms with Crippen molar-refractivity contribution in [3.8, 4) is 0 Å². The molecule has 0 aromatic rings. The van der Waals surface area contributed by atoms with Crippen molar-refractivity contribution in [2.75, 3.05) is 6.61 Å². The van der Waals surface area contributed by atoms with Gasteiger partial charge in [-0.15, -0.1) is 0 Å². The zero-order valence-electron chi connectivity index (χ0n) is 19.8. The number of fused-ring (bicyclic) bond motifs is 5. The fourth-order valence-electron chi connectivity index (χ4n) is 7.84. The maximum absolute atomic E-state index is 13.1. The number of hydrogen-bond acceptors (Lipinski definition) is 6. The maximum Gasteiger partial charge on any atom is 0.309 e. The number of Topliss-reactive ketones (excluding diaryl/α,β-unsaturated/α-hetero) is 1. The van der Waals surface area contributed by atoms with Gasteiger partial charge in [0.2, 0.25) is 5.78 Å². The number of ketones is 2. The molecule has 4 rings (SSSR count). The van der Waals surface area contributed by atoms with Crippen LogP contribution in [-0.2, 0) is 19.1 Å². The highest BCUT2D eigenvalue weighted by Gasteiger charge is 2.70. The molecule has 0 aromatic heterocycles. The zero-order valence-corrected chi connectivity index (χ0v) is 19.8. The van der Waals surface area contributed by atoms with Gasteiger partial charge in [0, 0.05) is 16.7 Å². The van der Waals surface area contributed by atoms with E-state index < -0.39 is 46.8 Å². The van der Waals surface area contributed by atoms with Gasteiger partial charge in [-0.05, 0) is 55.6 Å². The van der Waals surface area contributed by atoms with Gasteiger partial charge in [-0.25, -0.2) is 0 Å². The second-order valence-corrected chi connectivity index (χ2v) is 11.3. The summed E-state index contributed by atoms with van der Waals surface area (Å²) in [6, 6.07) is 0. The molecule has 4 aliphatic carbocycles. The molecule has 0 aromatic carbocycles. The summed E-state index contributed by atoms with van der Waals surface area (Å²) in [6.07, 6.45) is 6.78. The zero-order chi connectivity index (χ0) is 23.6. The summed E-state index contributed by atoms with van der Waals surface area (Å²) in [5.41, 5.74) is -1.52. The third-order valence-electron chi connectivity index (χ3n) is 9.28. The van der Waals surface area contributed by atoms with Crippen LogP contribution >= 0.6 is 0 Å². The lowest BCUT2D eigenvalue weighted by Gasteiger charge is -2.61. The SMILES string of the molecule is CC(C)C(=O)O[C@]1(C(=O)CO)CC[C@H]2[C@@H]3CC(C)C4=CC(=O)C=C[C@]4(C)[C@H]3C(O)C[C@@]21C. The summed E-state index contributed by atoms with van der Waals surface area (Å²) < 4.78 is 5.96. The molecule has 8 atom stereocenters. The predicted octanol–water partition coefficient (Wildman–Crippen LogP) is 3.01. The van der Waals surface area contributed by atoms with E-state index in [0.29, 0.717) is 19.3 Å². The lowest BCUT2D eigenvalue weighted by molar-refractivity contribution is -0.203. The van der Waals surface area contributed by atoms with Crippen LogP contribution < -0.4 is 0 Å². The van der Waals surface area contributed by atoms with Crippen LogP contribution in [0.1, 0.15) is 60.3 Å². The van der Waals surface area contributed by atoms with Gasteiger partial charge in [0.05, 0.1) is 12.0 Å². The molecule has 0 radical (unpaired) electrons. The van der Waals surface area contributed by atoms with Crippen molar-refractivity contribution in [3.63, 3.8) is 0 Å². The predicted molar refractivity (Wildman–Crippen MR) is 118 cm³/mol. The number of allylic oxidation sites excluding steroid dienone is 4. The van der Waals surface area contributed by atoms with Crippen molar-refractivity contribution in [3.05, 3.63) is 23.8 Å². The smallest absolute Gasteiger partial charge is 0.309 e. The van der Waals surface area contributed by atoms with E-state index in [-0.39, 0.29) is 29.5 Å². The molecule has 2 N–H and O–H groups in total. The monoisotopic (exact) mass is 444 g/mol. The van der Waals surface area contributed by atoms with E-state index in [1.807, 2.05) is 13.0 Å². The van der Waals surface area contributed by atoms with Crippen molar-refractivity contribution >= 4 is 17.5 Å². The minimum absolute atomic E-state index is 0.00747. The number of aliphatic hydroxyl groups is 2. The van der Waals surface area contributed by atoms with E-state index in [0.717, 1.165) is 12.0 Å². The molecular formula is C26H36O6. The molecule has 2 unspecified atom stereocenters. The number of rotatable bonds is 4. The number of esters is 1. The van der Waals surface area contributed by atoms with Crippen LogP contribution in [-0.4, -0.2) is 46.1 Å². The van der Waals surface area contributed by atoms with Crippen LogP contribution in [0.3, 0.4) is 0 Å². The highest BCUT2D eigenvalue weighted by molar-refractivity contribution is 6.01. The normalized spacial score (nSPS) is 45.1. The largest absolute Gasteiger partial charge is 0.450 e.